The molecule has 342 valence electrons. The number of hydrogen-bond donors (Lipinski definition) is 0. The average molecular weight is 939 g/mol. The van der Waals surface area contributed by atoms with E-state index in [1.165, 1.54) is 80.8 Å². The standard InChI is InChI=1S/C70H42N4/c1-2-19-43(20-3-1)66-42-67(74-70(73-66)61-41-60-51-28-7-5-24-47(51)49-26-9-13-32-55(49)69(60)57-34-15-11-30-53(57)61)45-22-16-21-44(39-45)62-35-17-37-64(71-62)65-38-18-36-63(72-65)58-40-59-50-27-6-4-23-46(50)48-25-8-12-31-54(48)68(59)56-33-14-10-29-52(56)58/h1-42H. The molecule has 4 heteroatoms. The van der Waals surface area contributed by atoms with Gasteiger partial charge < -0.3 is 0 Å². The quantitative estimate of drug-likeness (QED) is 0.156. The maximum absolute atomic E-state index is 5.47. The summed E-state index contributed by atoms with van der Waals surface area (Å²) in [5, 5.41) is 19.5. The van der Waals surface area contributed by atoms with Crippen LogP contribution in [0.3, 0.4) is 0 Å². The molecule has 3 aromatic heterocycles. The SMILES string of the molecule is c1ccc(-c2cc(-c3cccc(-c4cccc(-c5cccc(-c6cc7c8ccccc8c8ccccc8c7c7ccccc67)n5)n4)c3)nc(-c3cc4c5ccccc5c5ccccc5c4c4ccccc34)n2)cc1. The van der Waals surface area contributed by atoms with Crippen LogP contribution in [0.25, 0.3) is 154 Å². The van der Waals surface area contributed by atoms with E-state index in [1.807, 2.05) is 6.07 Å². The van der Waals surface area contributed by atoms with Crippen LogP contribution in [0, 0.1) is 0 Å². The minimum absolute atomic E-state index is 0.675. The first kappa shape index (κ1) is 41.8. The van der Waals surface area contributed by atoms with Gasteiger partial charge in [0, 0.05) is 27.8 Å². The lowest BCUT2D eigenvalue weighted by Crippen LogP contribution is -1.98. The van der Waals surface area contributed by atoms with E-state index >= 15 is 0 Å². The second kappa shape index (κ2) is 16.9. The van der Waals surface area contributed by atoms with E-state index < -0.39 is 0 Å². The molecule has 0 fully saturated rings. The second-order valence-electron chi connectivity index (χ2n) is 19.2. The van der Waals surface area contributed by atoms with Crippen LogP contribution in [0.5, 0.6) is 0 Å². The van der Waals surface area contributed by atoms with Gasteiger partial charge in [-0.05, 0) is 135 Å². The monoisotopic (exact) mass is 938 g/mol. The number of aromatic nitrogens is 4. The molecule has 74 heavy (non-hydrogen) atoms. The Labute approximate surface area is 426 Å². The van der Waals surface area contributed by atoms with E-state index in [2.05, 4.69) is 249 Å². The van der Waals surface area contributed by atoms with Crippen LogP contribution < -0.4 is 0 Å². The highest BCUT2D eigenvalue weighted by molar-refractivity contribution is 6.34. The van der Waals surface area contributed by atoms with Crippen molar-refractivity contribution in [3.8, 4) is 67.8 Å². The molecule has 15 rings (SSSR count). The lowest BCUT2D eigenvalue weighted by molar-refractivity contribution is 1.19. The summed E-state index contributed by atoms with van der Waals surface area (Å²) in [7, 11) is 0. The van der Waals surface area contributed by atoms with Gasteiger partial charge in [0.2, 0.25) is 0 Å². The van der Waals surface area contributed by atoms with Gasteiger partial charge in [-0.3, -0.25) is 0 Å². The summed E-state index contributed by atoms with van der Waals surface area (Å²) in [5.41, 5.74) is 10.1. The van der Waals surface area contributed by atoms with Crippen LogP contribution in [-0.2, 0) is 0 Å². The number of benzene rings is 12. The smallest absolute Gasteiger partial charge is 0.161 e. The number of nitrogens with zero attached hydrogens (tertiary/aromatic N) is 4. The molecule has 0 saturated carbocycles. The first-order valence-corrected chi connectivity index (χ1v) is 25.2. The van der Waals surface area contributed by atoms with Gasteiger partial charge in [-0.15, -0.1) is 0 Å². The molecule has 0 unspecified atom stereocenters. The highest BCUT2D eigenvalue weighted by Gasteiger charge is 2.20. The fraction of sp³-hybridized carbons (Fsp3) is 0. The van der Waals surface area contributed by atoms with Crippen LogP contribution in [0.15, 0.2) is 255 Å². The molecule has 0 aliphatic carbocycles. The molecule has 0 aliphatic rings. The fourth-order valence-electron chi connectivity index (χ4n) is 11.7. The van der Waals surface area contributed by atoms with Gasteiger partial charge in [0.15, 0.2) is 5.82 Å². The van der Waals surface area contributed by atoms with Crippen molar-refractivity contribution < 1.29 is 0 Å². The van der Waals surface area contributed by atoms with Crippen molar-refractivity contribution in [2.45, 2.75) is 0 Å². The first-order valence-electron chi connectivity index (χ1n) is 25.2. The van der Waals surface area contributed by atoms with Gasteiger partial charge in [-0.25, -0.2) is 19.9 Å². The van der Waals surface area contributed by atoms with Crippen molar-refractivity contribution in [1.82, 2.24) is 19.9 Å². The molecule has 12 aromatic carbocycles. The van der Waals surface area contributed by atoms with Crippen LogP contribution in [-0.4, -0.2) is 19.9 Å². The third kappa shape index (κ3) is 6.69. The molecule has 3 heterocycles. The van der Waals surface area contributed by atoms with Crippen molar-refractivity contribution in [2.24, 2.45) is 0 Å². The molecule has 0 radical (unpaired) electrons. The van der Waals surface area contributed by atoms with E-state index in [0.29, 0.717) is 5.82 Å². The van der Waals surface area contributed by atoms with E-state index in [0.717, 1.165) is 67.4 Å². The molecule has 0 bridgehead atoms. The Hall–Kier alpha value is -9.90. The van der Waals surface area contributed by atoms with E-state index in [4.69, 9.17) is 19.9 Å². The Balaban J connectivity index is 0.856. The Morgan fingerprint density at radius 2 is 0.514 bits per heavy atom. The third-order valence-corrected chi connectivity index (χ3v) is 15.0. The predicted octanol–water partition coefficient (Wildman–Crippen LogP) is 18.5. The Bertz CT molecular complexity index is 4790. The normalized spacial score (nSPS) is 11.8. The Morgan fingerprint density at radius 3 is 1.05 bits per heavy atom. The fourth-order valence-corrected chi connectivity index (χ4v) is 11.7. The number of fused-ring (bicyclic) bond motifs is 16. The van der Waals surface area contributed by atoms with Crippen molar-refractivity contribution >= 4 is 86.2 Å². The van der Waals surface area contributed by atoms with Gasteiger partial charge in [-0.2, -0.15) is 0 Å². The summed E-state index contributed by atoms with van der Waals surface area (Å²) in [5.74, 6) is 0.675. The van der Waals surface area contributed by atoms with Crippen molar-refractivity contribution in [3.63, 3.8) is 0 Å². The number of hydrogen-bond acceptors (Lipinski definition) is 4. The molecule has 15 aromatic rings. The van der Waals surface area contributed by atoms with Gasteiger partial charge in [0.05, 0.1) is 34.2 Å². The molecule has 4 nitrogen and oxygen atoms in total. The molecule has 0 atom stereocenters. The van der Waals surface area contributed by atoms with Crippen LogP contribution >= 0.6 is 0 Å². The zero-order valence-corrected chi connectivity index (χ0v) is 40.0. The maximum Gasteiger partial charge on any atom is 0.161 e. The molecule has 0 amide bonds. The van der Waals surface area contributed by atoms with Crippen LogP contribution in [0.2, 0.25) is 0 Å². The van der Waals surface area contributed by atoms with Gasteiger partial charge in [0.25, 0.3) is 0 Å². The molecular formula is C70H42N4. The predicted molar refractivity (Wildman–Crippen MR) is 310 cm³/mol. The van der Waals surface area contributed by atoms with Gasteiger partial charge in [-0.1, -0.05) is 206 Å². The molecule has 0 aliphatic heterocycles. The minimum Gasteiger partial charge on any atom is -0.246 e. The van der Waals surface area contributed by atoms with Crippen molar-refractivity contribution in [2.75, 3.05) is 0 Å². The zero-order valence-electron chi connectivity index (χ0n) is 40.0. The van der Waals surface area contributed by atoms with E-state index in [1.54, 1.807) is 0 Å². The lowest BCUT2D eigenvalue weighted by Gasteiger charge is -2.16. The number of rotatable bonds is 6. The zero-order chi connectivity index (χ0) is 48.7. The summed E-state index contributed by atoms with van der Waals surface area (Å²) in [6, 6.07) is 90.8. The lowest BCUT2D eigenvalue weighted by atomic mass is 9.88. The third-order valence-electron chi connectivity index (χ3n) is 15.0. The summed E-state index contributed by atoms with van der Waals surface area (Å²) in [6.45, 7) is 0. The topological polar surface area (TPSA) is 51.6 Å². The molecule has 0 N–H and O–H groups in total. The van der Waals surface area contributed by atoms with E-state index in [9.17, 15) is 0 Å². The van der Waals surface area contributed by atoms with Crippen LogP contribution in [0.1, 0.15) is 0 Å². The Morgan fingerprint density at radius 1 is 0.176 bits per heavy atom. The average Bonchev–Trinajstić information content (AvgIpc) is 3.50. The highest BCUT2D eigenvalue weighted by Crippen LogP contribution is 2.45. The summed E-state index contributed by atoms with van der Waals surface area (Å²) < 4.78 is 0. The number of pyridine rings is 2. The highest BCUT2D eigenvalue weighted by atomic mass is 14.9. The molecule has 0 spiro atoms. The second-order valence-corrected chi connectivity index (χ2v) is 19.2. The summed E-state index contributed by atoms with van der Waals surface area (Å²) in [6.07, 6.45) is 0. The van der Waals surface area contributed by atoms with Gasteiger partial charge in [0.1, 0.15) is 0 Å². The van der Waals surface area contributed by atoms with Crippen molar-refractivity contribution in [3.05, 3.63) is 255 Å². The molecule has 0 saturated heterocycles. The minimum atomic E-state index is 0.675. The Kier molecular flexibility index (Phi) is 9.54. The largest absolute Gasteiger partial charge is 0.246 e. The summed E-state index contributed by atoms with van der Waals surface area (Å²) in [4.78, 5) is 21.5. The summed E-state index contributed by atoms with van der Waals surface area (Å²) >= 11 is 0. The van der Waals surface area contributed by atoms with E-state index in [-0.39, 0.29) is 0 Å². The first-order chi connectivity index (χ1) is 36.7. The van der Waals surface area contributed by atoms with Crippen molar-refractivity contribution in [1.29, 1.82) is 0 Å². The van der Waals surface area contributed by atoms with Crippen LogP contribution in [0.4, 0.5) is 0 Å². The molecular weight excluding hydrogens is 897 g/mol. The van der Waals surface area contributed by atoms with Gasteiger partial charge >= 0.3 is 0 Å². The maximum atomic E-state index is 5.47.